The van der Waals surface area contributed by atoms with Crippen LogP contribution in [-0.2, 0) is 4.79 Å². The van der Waals surface area contributed by atoms with Gasteiger partial charge in [-0.2, -0.15) is 0 Å². The standard InChI is InChI=1S/C15H14BrClN2O2/c1-21-12-6-7-13(16)14(8-12)18-9-15(20)19-11-4-2-10(17)3-5-11/h2-8,18H,9H2,1H3,(H,19,20). The van der Waals surface area contributed by atoms with Gasteiger partial charge in [-0.1, -0.05) is 11.6 Å². The van der Waals surface area contributed by atoms with Crippen molar-refractivity contribution in [1.82, 2.24) is 0 Å². The molecule has 0 aromatic heterocycles. The number of carbonyl (C=O) groups excluding carboxylic acids is 1. The van der Waals surface area contributed by atoms with Gasteiger partial charge in [0.2, 0.25) is 5.91 Å². The lowest BCUT2D eigenvalue weighted by Gasteiger charge is -2.10. The van der Waals surface area contributed by atoms with Crippen LogP contribution in [0.3, 0.4) is 0 Å². The Morgan fingerprint density at radius 3 is 2.62 bits per heavy atom. The zero-order valence-electron chi connectivity index (χ0n) is 11.3. The third-order valence-corrected chi connectivity index (χ3v) is 3.68. The second kappa shape index (κ2) is 7.33. The molecule has 6 heteroatoms. The molecule has 2 N–H and O–H groups in total. The number of hydrogen-bond donors (Lipinski definition) is 2. The molecule has 0 bridgehead atoms. The van der Waals surface area contributed by atoms with E-state index in [4.69, 9.17) is 16.3 Å². The van der Waals surface area contributed by atoms with Crippen LogP contribution in [0.2, 0.25) is 5.02 Å². The van der Waals surface area contributed by atoms with E-state index in [-0.39, 0.29) is 12.5 Å². The van der Waals surface area contributed by atoms with Gasteiger partial charge < -0.3 is 15.4 Å². The van der Waals surface area contributed by atoms with Gasteiger partial charge >= 0.3 is 0 Å². The van der Waals surface area contributed by atoms with Gasteiger partial charge in [0.25, 0.3) is 0 Å². The summed E-state index contributed by atoms with van der Waals surface area (Å²) in [5, 5.41) is 6.47. The van der Waals surface area contributed by atoms with E-state index in [9.17, 15) is 4.79 Å². The molecule has 0 aliphatic heterocycles. The van der Waals surface area contributed by atoms with Crippen molar-refractivity contribution in [2.24, 2.45) is 0 Å². The van der Waals surface area contributed by atoms with E-state index in [2.05, 4.69) is 26.6 Å². The molecular formula is C15H14BrClN2O2. The molecule has 2 aromatic rings. The SMILES string of the molecule is COc1ccc(Br)c(NCC(=O)Nc2ccc(Cl)cc2)c1. The van der Waals surface area contributed by atoms with Crippen LogP contribution in [0.4, 0.5) is 11.4 Å². The van der Waals surface area contributed by atoms with Gasteiger partial charge in [0.1, 0.15) is 5.75 Å². The van der Waals surface area contributed by atoms with E-state index in [1.165, 1.54) is 0 Å². The number of rotatable bonds is 5. The number of halogens is 2. The topological polar surface area (TPSA) is 50.4 Å². The van der Waals surface area contributed by atoms with E-state index in [0.717, 1.165) is 15.9 Å². The molecule has 1 amide bonds. The maximum atomic E-state index is 11.9. The number of ether oxygens (including phenoxy) is 1. The van der Waals surface area contributed by atoms with E-state index in [0.29, 0.717) is 10.7 Å². The average Bonchev–Trinajstić information content (AvgIpc) is 2.49. The molecule has 0 atom stereocenters. The van der Waals surface area contributed by atoms with Crippen LogP contribution in [0.5, 0.6) is 5.75 Å². The predicted molar refractivity (Wildman–Crippen MR) is 89.3 cm³/mol. The van der Waals surface area contributed by atoms with E-state index in [1.807, 2.05) is 18.2 Å². The fourth-order valence-corrected chi connectivity index (χ4v) is 2.19. The third-order valence-electron chi connectivity index (χ3n) is 2.74. The quantitative estimate of drug-likeness (QED) is 0.832. The molecule has 4 nitrogen and oxygen atoms in total. The Kier molecular flexibility index (Phi) is 5.47. The summed E-state index contributed by atoms with van der Waals surface area (Å²) in [6.45, 7) is 0.147. The van der Waals surface area contributed by atoms with Gasteiger partial charge in [-0.05, 0) is 52.3 Å². The first-order valence-corrected chi connectivity index (χ1v) is 7.38. The van der Waals surface area contributed by atoms with E-state index in [1.54, 1.807) is 31.4 Å². The molecule has 0 saturated carbocycles. The summed E-state index contributed by atoms with van der Waals surface area (Å²) in [5.74, 6) is 0.575. The summed E-state index contributed by atoms with van der Waals surface area (Å²) in [4.78, 5) is 11.9. The lowest BCUT2D eigenvalue weighted by atomic mass is 10.3. The van der Waals surface area contributed by atoms with Crippen molar-refractivity contribution < 1.29 is 9.53 Å². The van der Waals surface area contributed by atoms with Gasteiger partial charge in [0.05, 0.1) is 19.3 Å². The van der Waals surface area contributed by atoms with Gasteiger partial charge in [-0.15, -0.1) is 0 Å². The highest BCUT2D eigenvalue weighted by Crippen LogP contribution is 2.26. The van der Waals surface area contributed by atoms with Crippen LogP contribution in [0.15, 0.2) is 46.9 Å². The van der Waals surface area contributed by atoms with E-state index < -0.39 is 0 Å². The summed E-state index contributed by atoms with van der Waals surface area (Å²) in [6, 6.07) is 12.5. The van der Waals surface area contributed by atoms with Crippen molar-refractivity contribution in [3.63, 3.8) is 0 Å². The molecule has 2 rings (SSSR count). The fraction of sp³-hybridized carbons (Fsp3) is 0.133. The Labute approximate surface area is 136 Å². The number of anilines is 2. The third kappa shape index (κ3) is 4.65. The summed E-state index contributed by atoms with van der Waals surface area (Å²) < 4.78 is 6.01. The first kappa shape index (κ1) is 15.7. The minimum absolute atomic E-state index is 0.146. The zero-order valence-corrected chi connectivity index (χ0v) is 13.7. The number of benzene rings is 2. The van der Waals surface area contributed by atoms with Gasteiger partial charge in [-0.25, -0.2) is 0 Å². The summed E-state index contributed by atoms with van der Waals surface area (Å²) in [5.41, 5.74) is 1.50. The highest BCUT2D eigenvalue weighted by molar-refractivity contribution is 9.10. The number of carbonyl (C=O) groups is 1. The minimum atomic E-state index is -0.146. The van der Waals surface area contributed by atoms with Crippen molar-refractivity contribution in [3.8, 4) is 5.75 Å². The molecule has 0 radical (unpaired) electrons. The predicted octanol–water partition coefficient (Wildman–Crippen LogP) is 4.16. The monoisotopic (exact) mass is 368 g/mol. The largest absolute Gasteiger partial charge is 0.497 e. The van der Waals surface area contributed by atoms with Crippen LogP contribution in [0.1, 0.15) is 0 Å². The molecule has 0 aliphatic carbocycles. The van der Waals surface area contributed by atoms with Crippen LogP contribution < -0.4 is 15.4 Å². The Morgan fingerprint density at radius 2 is 1.95 bits per heavy atom. The van der Waals surface area contributed by atoms with Crippen molar-refractivity contribution in [2.75, 3.05) is 24.3 Å². The first-order valence-electron chi connectivity index (χ1n) is 6.21. The highest BCUT2D eigenvalue weighted by Gasteiger charge is 2.06. The molecule has 110 valence electrons. The molecule has 0 aliphatic rings. The van der Waals surface area contributed by atoms with Crippen molar-refractivity contribution in [2.45, 2.75) is 0 Å². The number of nitrogens with one attached hydrogen (secondary N) is 2. The average molecular weight is 370 g/mol. The van der Waals surface area contributed by atoms with Crippen molar-refractivity contribution in [3.05, 3.63) is 52.0 Å². The molecule has 2 aromatic carbocycles. The van der Waals surface area contributed by atoms with Crippen LogP contribution in [0, 0.1) is 0 Å². The maximum Gasteiger partial charge on any atom is 0.243 e. The Balaban J connectivity index is 1.93. The van der Waals surface area contributed by atoms with Gasteiger partial charge in [0.15, 0.2) is 0 Å². The summed E-state index contributed by atoms with van der Waals surface area (Å²) in [6.07, 6.45) is 0. The first-order chi connectivity index (χ1) is 10.1. The number of hydrogen-bond acceptors (Lipinski definition) is 3. The molecular weight excluding hydrogens is 356 g/mol. The second-order valence-corrected chi connectivity index (χ2v) is 5.55. The minimum Gasteiger partial charge on any atom is -0.497 e. The maximum absolute atomic E-state index is 11.9. The normalized spacial score (nSPS) is 10.0. The molecule has 0 unspecified atom stereocenters. The van der Waals surface area contributed by atoms with Crippen LogP contribution >= 0.6 is 27.5 Å². The highest BCUT2D eigenvalue weighted by atomic mass is 79.9. The molecule has 21 heavy (non-hydrogen) atoms. The number of amides is 1. The molecule has 0 saturated heterocycles. The lowest BCUT2D eigenvalue weighted by molar-refractivity contribution is -0.114. The van der Waals surface area contributed by atoms with Crippen LogP contribution in [-0.4, -0.2) is 19.6 Å². The molecule has 0 spiro atoms. The Hall–Kier alpha value is -1.72. The molecule has 0 heterocycles. The smallest absolute Gasteiger partial charge is 0.243 e. The fourth-order valence-electron chi connectivity index (χ4n) is 1.68. The number of methoxy groups -OCH3 is 1. The Bertz CT molecular complexity index is 632. The van der Waals surface area contributed by atoms with E-state index >= 15 is 0 Å². The van der Waals surface area contributed by atoms with Gasteiger partial charge in [0, 0.05) is 21.2 Å². The van der Waals surface area contributed by atoms with Crippen molar-refractivity contribution in [1.29, 1.82) is 0 Å². The Morgan fingerprint density at radius 1 is 1.24 bits per heavy atom. The zero-order chi connectivity index (χ0) is 15.2. The molecule has 0 fully saturated rings. The van der Waals surface area contributed by atoms with Crippen molar-refractivity contribution >= 4 is 44.8 Å². The second-order valence-electron chi connectivity index (χ2n) is 4.25. The summed E-state index contributed by atoms with van der Waals surface area (Å²) >= 11 is 9.21. The summed E-state index contributed by atoms with van der Waals surface area (Å²) in [7, 11) is 1.60. The van der Waals surface area contributed by atoms with Gasteiger partial charge in [-0.3, -0.25) is 4.79 Å². The lowest BCUT2D eigenvalue weighted by Crippen LogP contribution is -2.21. The van der Waals surface area contributed by atoms with Crippen LogP contribution in [0.25, 0.3) is 0 Å².